The summed E-state index contributed by atoms with van der Waals surface area (Å²) in [6, 6.07) is 1.60. The Kier molecular flexibility index (Phi) is 4.16. The maximum absolute atomic E-state index is 3.82. The lowest BCUT2D eigenvalue weighted by Crippen LogP contribution is -2.54. The van der Waals surface area contributed by atoms with Crippen LogP contribution in [-0.4, -0.2) is 61.7 Å². The second kappa shape index (κ2) is 5.71. The Bertz CT molecular complexity index is 294. The molecule has 1 aliphatic heterocycles. The highest BCUT2D eigenvalue weighted by Crippen LogP contribution is 2.39. The van der Waals surface area contributed by atoms with Gasteiger partial charge in [0.25, 0.3) is 0 Å². The molecule has 0 amide bonds. The van der Waals surface area contributed by atoms with Crippen molar-refractivity contribution in [3.63, 3.8) is 0 Å². The molecule has 0 aromatic rings. The van der Waals surface area contributed by atoms with Crippen molar-refractivity contribution in [3.8, 4) is 0 Å². The normalized spacial score (nSPS) is 32.8. The van der Waals surface area contributed by atoms with E-state index in [1.54, 1.807) is 0 Å². The number of nitrogens with one attached hydrogen (secondary N) is 1. The molecule has 1 saturated heterocycles. The molecule has 1 unspecified atom stereocenters. The highest BCUT2D eigenvalue weighted by molar-refractivity contribution is 4.94. The maximum atomic E-state index is 3.82. The van der Waals surface area contributed by atoms with E-state index in [4.69, 9.17) is 0 Å². The molecule has 0 aromatic heterocycles. The Morgan fingerprint density at radius 2 is 1.89 bits per heavy atom. The lowest BCUT2D eigenvalue weighted by atomic mass is 9.84. The summed E-state index contributed by atoms with van der Waals surface area (Å²) in [6.45, 7) is 8.77. The topological polar surface area (TPSA) is 18.5 Å². The monoisotopic (exact) mass is 265 g/mol. The van der Waals surface area contributed by atoms with Crippen molar-refractivity contribution in [2.75, 3.05) is 39.8 Å². The molecule has 0 aromatic carbocycles. The van der Waals surface area contributed by atoms with Gasteiger partial charge >= 0.3 is 0 Å². The van der Waals surface area contributed by atoms with Crippen LogP contribution in [-0.2, 0) is 0 Å². The first kappa shape index (κ1) is 13.8. The number of piperazine rings is 1. The molecule has 1 N–H and O–H groups in total. The summed E-state index contributed by atoms with van der Waals surface area (Å²) in [4.78, 5) is 5.24. The molecule has 0 bridgehead atoms. The Hall–Kier alpha value is -0.120. The van der Waals surface area contributed by atoms with Crippen LogP contribution in [0.15, 0.2) is 0 Å². The van der Waals surface area contributed by atoms with Crippen molar-refractivity contribution >= 4 is 0 Å². The van der Waals surface area contributed by atoms with Crippen molar-refractivity contribution < 1.29 is 0 Å². The summed E-state index contributed by atoms with van der Waals surface area (Å²) in [5.41, 5.74) is 0.590. The van der Waals surface area contributed by atoms with Gasteiger partial charge in [-0.05, 0) is 45.1 Å². The zero-order valence-electron chi connectivity index (χ0n) is 12.8. The molecule has 1 heterocycles. The number of likely N-dealkylation sites (N-methyl/N-ethyl adjacent to an activating group) is 1. The van der Waals surface area contributed by atoms with E-state index in [0.717, 1.165) is 12.1 Å². The first-order chi connectivity index (χ1) is 9.17. The van der Waals surface area contributed by atoms with Crippen molar-refractivity contribution in [1.82, 2.24) is 15.1 Å². The van der Waals surface area contributed by atoms with Gasteiger partial charge in [-0.3, -0.25) is 4.90 Å². The quantitative estimate of drug-likeness (QED) is 0.819. The molecule has 3 fully saturated rings. The van der Waals surface area contributed by atoms with Gasteiger partial charge in [-0.1, -0.05) is 12.8 Å². The molecule has 3 heteroatoms. The molecule has 19 heavy (non-hydrogen) atoms. The van der Waals surface area contributed by atoms with Crippen molar-refractivity contribution in [2.24, 2.45) is 5.41 Å². The van der Waals surface area contributed by atoms with Crippen molar-refractivity contribution in [3.05, 3.63) is 0 Å². The highest BCUT2D eigenvalue weighted by Gasteiger charge is 2.38. The number of hydrogen-bond donors (Lipinski definition) is 1. The van der Waals surface area contributed by atoms with Crippen LogP contribution >= 0.6 is 0 Å². The third kappa shape index (κ3) is 3.50. The minimum absolute atomic E-state index is 0.590. The molecule has 3 aliphatic rings. The van der Waals surface area contributed by atoms with Gasteiger partial charge in [0.1, 0.15) is 0 Å². The van der Waals surface area contributed by atoms with Crippen LogP contribution in [0.4, 0.5) is 0 Å². The fourth-order valence-electron chi connectivity index (χ4n) is 4.01. The summed E-state index contributed by atoms with van der Waals surface area (Å²) in [5.74, 6) is 0. The average Bonchev–Trinajstić information content (AvgIpc) is 3.11. The highest BCUT2D eigenvalue weighted by atomic mass is 15.3. The minimum Gasteiger partial charge on any atom is -0.313 e. The lowest BCUT2D eigenvalue weighted by molar-refractivity contribution is 0.0551. The summed E-state index contributed by atoms with van der Waals surface area (Å²) < 4.78 is 0. The average molecular weight is 265 g/mol. The molecule has 2 aliphatic carbocycles. The first-order valence-corrected chi connectivity index (χ1v) is 8.33. The summed E-state index contributed by atoms with van der Waals surface area (Å²) in [6.07, 6.45) is 8.64. The van der Waals surface area contributed by atoms with Gasteiger partial charge in [0.15, 0.2) is 0 Å². The van der Waals surface area contributed by atoms with Crippen LogP contribution in [0.5, 0.6) is 0 Å². The molecule has 0 radical (unpaired) electrons. The largest absolute Gasteiger partial charge is 0.313 e. The van der Waals surface area contributed by atoms with Gasteiger partial charge in [0, 0.05) is 44.8 Å². The second-order valence-electron chi connectivity index (χ2n) is 7.44. The molecule has 0 spiro atoms. The van der Waals surface area contributed by atoms with Crippen LogP contribution in [0.25, 0.3) is 0 Å². The predicted octanol–water partition coefficient (Wildman–Crippen LogP) is 1.93. The van der Waals surface area contributed by atoms with E-state index >= 15 is 0 Å². The van der Waals surface area contributed by atoms with Gasteiger partial charge in [-0.25, -0.2) is 0 Å². The molecular weight excluding hydrogens is 234 g/mol. The number of nitrogens with zero attached hydrogens (tertiary/aromatic N) is 2. The third-order valence-corrected chi connectivity index (χ3v) is 5.51. The van der Waals surface area contributed by atoms with Crippen LogP contribution < -0.4 is 5.32 Å². The molecular formula is C16H31N3. The zero-order valence-corrected chi connectivity index (χ0v) is 12.8. The van der Waals surface area contributed by atoms with Crippen LogP contribution in [0.3, 0.4) is 0 Å². The van der Waals surface area contributed by atoms with Gasteiger partial charge in [0.05, 0.1) is 0 Å². The van der Waals surface area contributed by atoms with E-state index < -0.39 is 0 Å². The lowest BCUT2D eigenvalue weighted by Gasteiger charge is -2.43. The van der Waals surface area contributed by atoms with Crippen molar-refractivity contribution in [2.45, 2.75) is 57.5 Å². The Labute approximate surface area is 118 Å². The number of rotatable bonds is 5. The van der Waals surface area contributed by atoms with Crippen LogP contribution in [0.2, 0.25) is 0 Å². The predicted molar refractivity (Wildman–Crippen MR) is 80.5 cm³/mol. The molecule has 110 valence electrons. The van der Waals surface area contributed by atoms with E-state index in [1.165, 1.54) is 71.2 Å². The van der Waals surface area contributed by atoms with E-state index in [9.17, 15) is 0 Å². The van der Waals surface area contributed by atoms with Gasteiger partial charge < -0.3 is 10.2 Å². The molecule has 3 nitrogen and oxygen atoms in total. The van der Waals surface area contributed by atoms with Gasteiger partial charge in [0.2, 0.25) is 0 Å². The first-order valence-electron chi connectivity index (χ1n) is 8.33. The maximum Gasteiger partial charge on any atom is 0.0195 e. The fourth-order valence-corrected chi connectivity index (χ4v) is 4.01. The second-order valence-corrected chi connectivity index (χ2v) is 7.44. The third-order valence-electron chi connectivity index (χ3n) is 5.51. The van der Waals surface area contributed by atoms with Gasteiger partial charge in [-0.15, -0.1) is 0 Å². The summed E-state index contributed by atoms with van der Waals surface area (Å²) in [5, 5.41) is 3.82. The van der Waals surface area contributed by atoms with E-state index in [0.29, 0.717) is 5.41 Å². The Balaban J connectivity index is 1.57. The molecule has 2 saturated carbocycles. The fraction of sp³-hybridized carbons (Fsp3) is 1.00. The SMILES string of the molecule is CC1CN(C)CCN1CC1(CNC2CC2)CCCC1. The van der Waals surface area contributed by atoms with E-state index in [1.807, 2.05) is 0 Å². The summed E-state index contributed by atoms with van der Waals surface area (Å²) in [7, 11) is 2.26. The Morgan fingerprint density at radius 3 is 2.53 bits per heavy atom. The van der Waals surface area contributed by atoms with E-state index in [-0.39, 0.29) is 0 Å². The van der Waals surface area contributed by atoms with E-state index in [2.05, 4.69) is 29.1 Å². The molecule has 1 atom stereocenters. The summed E-state index contributed by atoms with van der Waals surface area (Å²) >= 11 is 0. The van der Waals surface area contributed by atoms with Crippen LogP contribution in [0.1, 0.15) is 45.4 Å². The standard InChI is InChI=1S/C16H31N3/c1-14-11-18(2)9-10-19(14)13-16(7-3-4-8-16)12-17-15-5-6-15/h14-15,17H,3-13H2,1-2H3. The van der Waals surface area contributed by atoms with Crippen molar-refractivity contribution in [1.29, 1.82) is 0 Å². The van der Waals surface area contributed by atoms with Gasteiger partial charge in [-0.2, -0.15) is 0 Å². The van der Waals surface area contributed by atoms with Crippen LogP contribution in [0, 0.1) is 5.41 Å². The Morgan fingerprint density at radius 1 is 1.16 bits per heavy atom. The zero-order chi connectivity index (χ0) is 13.3. The minimum atomic E-state index is 0.590. The smallest absolute Gasteiger partial charge is 0.0195 e. The number of hydrogen-bond acceptors (Lipinski definition) is 3. The molecule has 3 rings (SSSR count).